The third-order valence-electron chi connectivity index (χ3n) is 3.44. The van der Waals surface area contributed by atoms with E-state index in [-0.39, 0.29) is 5.56 Å². The maximum atomic E-state index is 11.7. The van der Waals surface area contributed by atoms with Crippen LogP contribution in [0.4, 0.5) is 0 Å². The van der Waals surface area contributed by atoms with E-state index in [0.29, 0.717) is 5.69 Å². The molecule has 1 aromatic heterocycles. The van der Waals surface area contributed by atoms with Crippen molar-refractivity contribution in [1.82, 2.24) is 4.98 Å². The van der Waals surface area contributed by atoms with Gasteiger partial charge < -0.3 is 10.1 Å². The van der Waals surface area contributed by atoms with Crippen LogP contribution < -0.4 is 5.56 Å². The SMILES string of the molecule is O=C(O)c1ccc(-c2ccc(-c3ccccc3)cc2)[nH]c1=O. The summed E-state index contributed by atoms with van der Waals surface area (Å²) in [5, 5.41) is 8.87. The molecule has 3 rings (SSSR count). The number of nitrogens with one attached hydrogen (secondary N) is 1. The highest BCUT2D eigenvalue weighted by atomic mass is 16.4. The molecule has 0 aliphatic rings. The maximum Gasteiger partial charge on any atom is 0.341 e. The van der Waals surface area contributed by atoms with Gasteiger partial charge in [-0.05, 0) is 28.8 Å². The number of carboxylic acid groups (broad SMARTS) is 1. The highest BCUT2D eigenvalue weighted by Gasteiger charge is 2.09. The number of aromatic carboxylic acids is 1. The molecule has 108 valence electrons. The summed E-state index contributed by atoms with van der Waals surface area (Å²) in [5.41, 5.74) is 2.75. The van der Waals surface area contributed by atoms with E-state index in [9.17, 15) is 9.59 Å². The number of hydrogen-bond donors (Lipinski definition) is 2. The fraction of sp³-hybridized carbons (Fsp3) is 0. The van der Waals surface area contributed by atoms with Crippen molar-refractivity contribution < 1.29 is 9.90 Å². The van der Waals surface area contributed by atoms with Gasteiger partial charge in [0.25, 0.3) is 5.56 Å². The summed E-state index contributed by atoms with van der Waals surface area (Å²) in [7, 11) is 0. The highest BCUT2D eigenvalue weighted by Crippen LogP contribution is 2.23. The molecule has 4 heteroatoms. The molecule has 0 unspecified atom stereocenters. The van der Waals surface area contributed by atoms with Crippen molar-refractivity contribution in [3.63, 3.8) is 0 Å². The van der Waals surface area contributed by atoms with Gasteiger partial charge >= 0.3 is 5.97 Å². The Morgan fingerprint density at radius 2 is 1.36 bits per heavy atom. The van der Waals surface area contributed by atoms with Crippen LogP contribution in [0.1, 0.15) is 10.4 Å². The average molecular weight is 291 g/mol. The van der Waals surface area contributed by atoms with E-state index < -0.39 is 11.5 Å². The lowest BCUT2D eigenvalue weighted by molar-refractivity contribution is 0.0695. The van der Waals surface area contributed by atoms with Gasteiger partial charge in [0.05, 0.1) is 0 Å². The number of pyridine rings is 1. The van der Waals surface area contributed by atoms with Gasteiger partial charge in [0, 0.05) is 5.69 Å². The first-order valence-electron chi connectivity index (χ1n) is 6.77. The molecule has 22 heavy (non-hydrogen) atoms. The molecule has 0 saturated heterocycles. The van der Waals surface area contributed by atoms with Crippen LogP contribution in [0.5, 0.6) is 0 Å². The Bertz CT molecular complexity index is 865. The Kier molecular flexibility index (Phi) is 3.58. The summed E-state index contributed by atoms with van der Waals surface area (Å²) in [6.45, 7) is 0. The Hall–Kier alpha value is -3.14. The van der Waals surface area contributed by atoms with E-state index in [4.69, 9.17) is 5.11 Å². The summed E-state index contributed by atoms with van der Waals surface area (Å²) in [6, 6.07) is 20.6. The zero-order valence-corrected chi connectivity index (χ0v) is 11.6. The van der Waals surface area contributed by atoms with Gasteiger partial charge in [-0.3, -0.25) is 4.79 Å². The number of carbonyl (C=O) groups is 1. The highest BCUT2D eigenvalue weighted by molar-refractivity contribution is 5.87. The minimum absolute atomic E-state index is 0.260. The van der Waals surface area contributed by atoms with Crippen molar-refractivity contribution in [2.24, 2.45) is 0 Å². The zero-order chi connectivity index (χ0) is 15.5. The van der Waals surface area contributed by atoms with Crippen molar-refractivity contribution in [3.05, 3.63) is 82.6 Å². The molecule has 0 radical (unpaired) electrons. The first-order valence-corrected chi connectivity index (χ1v) is 6.77. The number of aromatic amines is 1. The number of hydrogen-bond acceptors (Lipinski definition) is 2. The van der Waals surface area contributed by atoms with E-state index in [2.05, 4.69) is 4.98 Å². The van der Waals surface area contributed by atoms with Gasteiger partial charge in [-0.1, -0.05) is 54.6 Å². The van der Waals surface area contributed by atoms with E-state index in [0.717, 1.165) is 16.7 Å². The fourth-order valence-electron chi connectivity index (χ4n) is 2.28. The molecule has 2 aromatic carbocycles. The van der Waals surface area contributed by atoms with Gasteiger partial charge in [-0.25, -0.2) is 4.79 Å². The number of aromatic nitrogens is 1. The van der Waals surface area contributed by atoms with Crippen LogP contribution in [0, 0.1) is 0 Å². The van der Waals surface area contributed by atoms with Crippen molar-refractivity contribution in [2.45, 2.75) is 0 Å². The molecular weight excluding hydrogens is 278 g/mol. The first-order chi connectivity index (χ1) is 10.6. The fourth-order valence-corrected chi connectivity index (χ4v) is 2.28. The lowest BCUT2D eigenvalue weighted by Crippen LogP contribution is -2.17. The Morgan fingerprint density at radius 1 is 0.773 bits per heavy atom. The van der Waals surface area contributed by atoms with E-state index >= 15 is 0 Å². The number of H-pyrrole nitrogens is 1. The standard InChI is InChI=1S/C18H13NO3/c20-17-15(18(21)22)10-11-16(19-17)14-8-6-13(7-9-14)12-4-2-1-3-5-12/h1-11H,(H,19,20)(H,21,22). The molecule has 0 fully saturated rings. The lowest BCUT2D eigenvalue weighted by atomic mass is 10.0. The van der Waals surface area contributed by atoms with Crippen LogP contribution >= 0.6 is 0 Å². The molecular formula is C18H13NO3. The topological polar surface area (TPSA) is 70.2 Å². The Balaban J connectivity index is 1.95. The molecule has 2 N–H and O–H groups in total. The second-order valence-electron chi connectivity index (χ2n) is 4.86. The normalized spacial score (nSPS) is 10.4. The minimum atomic E-state index is -1.23. The second kappa shape index (κ2) is 5.69. The molecule has 4 nitrogen and oxygen atoms in total. The average Bonchev–Trinajstić information content (AvgIpc) is 2.55. The molecule has 0 spiro atoms. The number of benzene rings is 2. The molecule has 0 aliphatic heterocycles. The Morgan fingerprint density at radius 3 is 1.95 bits per heavy atom. The predicted octanol–water partition coefficient (Wildman–Crippen LogP) is 3.41. The van der Waals surface area contributed by atoms with Crippen LogP contribution in [-0.2, 0) is 0 Å². The number of rotatable bonds is 3. The van der Waals surface area contributed by atoms with Gasteiger partial charge in [0.2, 0.25) is 0 Å². The van der Waals surface area contributed by atoms with Crippen LogP contribution in [0.3, 0.4) is 0 Å². The van der Waals surface area contributed by atoms with Gasteiger partial charge in [0.15, 0.2) is 0 Å². The van der Waals surface area contributed by atoms with Gasteiger partial charge in [0.1, 0.15) is 5.56 Å². The van der Waals surface area contributed by atoms with Crippen molar-refractivity contribution >= 4 is 5.97 Å². The Labute approximate surface area is 126 Å². The second-order valence-corrected chi connectivity index (χ2v) is 4.86. The maximum absolute atomic E-state index is 11.7. The van der Waals surface area contributed by atoms with Crippen LogP contribution in [0.15, 0.2) is 71.5 Å². The summed E-state index contributed by atoms with van der Waals surface area (Å²) in [5.74, 6) is -1.23. The van der Waals surface area contributed by atoms with Crippen molar-refractivity contribution in [3.8, 4) is 22.4 Å². The summed E-state index contributed by atoms with van der Waals surface area (Å²) < 4.78 is 0. The minimum Gasteiger partial charge on any atom is -0.477 e. The largest absolute Gasteiger partial charge is 0.477 e. The molecule has 0 saturated carbocycles. The van der Waals surface area contributed by atoms with Crippen LogP contribution in [0.25, 0.3) is 22.4 Å². The third kappa shape index (κ3) is 2.67. The quantitative estimate of drug-likeness (QED) is 0.777. The van der Waals surface area contributed by atoms with Crippen LogP contribution in [-0.4, -0.2) is 16.1 Å². The lowest BCUT2D eigenvalue weighted by Gasteiger charge is -2.05. The first kappa shape index (κ1) is 13.8. The van der Waals surface area contributed by atoms with Gasteiger partial charge in [-0.2, -0.15) is 0 Å². The van der Waals surface area contributed by atoms with Crippen molar-refractivity contribution in [2.75, 3.05) is 0 Å². The zero-order valence-electron chi connectivity index (χ0n) is 11.6. The molecule has 0 aliphatic carbocycles. The summed E-state index contributed by atoms with van der Waals surface area (Å²) in [4.78, 5) is 25.2. The van der Waals surface area contributed by atoms with Crippen molar-refractivity contribution in [1.29, 1.82) is 0 Å². The van der Waals surface area contributed by atoms with Gasteiger partial charge in [-0.15, -0.1) is 0 Å². The molecule has 0 atom stereocenters. The third-order valence-corrected chi connectivity index (χ3v) is 3.44. The summed E-state index contributed by atoms with van der Waals surface area (Å²) in [6.07, 6.45) is 0. The molecule has 0 amide bonds. The van der Waals surface area contributed by atoms with Crippen LogP contribution in [0.2, 0.25) is 0 Å². The van der Waals surface area contributed by atoms with E-state index in [1.807, 2.05) is 54.6 Å². The number of carboxylic acids is 1. The summed E-state index contributed by atoms with van der Waals surface area (Å²) >= 11 is 0. The molecule has 3 aromatic rings. The van der Waals surface area contributed by atoms with E-state index in [1.54, 1.807) is 6.07 Å². The molecule has 0 bridgehead atoms. The van der Waals surface area contributed by atoms with E-state index in [1.165, 1.54) is 6.07 Å². The smallest absolute Gasteiger partial charge is 0.341 e. The monoisotopic (exact) mass is 291 g/mol. The predicted molar refractivity (Wildman–Crippen MR) is 84.9 cm³/mol. The molecule has 1 heterocycles.